The van der Waals surface area contributed by atoms with Crippen molar-refractivity contribution < 1.29 is 14.3 Å². The summed E-state index contributed by atoms with van der Waals surface area (Å²) >= 11 is 0. The largest absolute Gasteiger partial charge is 0.452 e. The second-order valence-corrected chi connectivity index (χ2v) is 6.21. The van der Waals surface area contributed by atoms with E-state index in [4.69, 9.17) is 4.74 Å². The van der Waals surface area contributed by atoms with Crippen molar-refractivity contribution in [2.45, 2.75) is 26.8 Å². The minimum absolute atomic E-state index is 0.0261. The van der Waals surface area contributed by atoms with Crippen LogP contribution in [0.4, 0.5) is 11.4 Å². The zero-order valence-electron chi connectivity index (χ0n) is 14.8. The highest BCUT2D eigenvalue weighted by Gasteiger charge is 2.16. The Labute approximate surface area is 148 Å². The lowest BCUT2D eigenvalue weighted by atomic mass is 10.1. The summed E-state index contributed by atoms with van der Waals surface area (Å²) in [5.41, 5.74) is 1.89. The van der Waals surface area contributed by atoms with Crippen LogP contribution in [0.25, 0.3) is 0 Å². The summed E-state index contributed by atoms with van der Waals surface area (Å²) in [5, 5.41) is 6.00. The van der Waals surface area contributed by atoms with Crippen LogP contribution in [0.15, 0.2) is 54.6 Å². The zero-order valence-corrected chi connectivity index (χ0v) is 14.8. The van der Waals surface area contributed by atoms with E-state index < -0.39 is 5.97 Å². The molecule has 2 aromatic rings. The molecule has 0 aliphatic heterocycles. The first-order chi connectivity index (χ1) is 12.0. The van der Waals surface area contributed by atoms with Crippen LogP contribution in [0.2, 0.25) is 0 Å². The van der Waals surface area contributed by atoms with E-state index in [1.54, 1.807) is 18.2 Å². The van der Waals surface area contributed by atoms with Crippen molar-refractivity contribution in [3.05, 3.63) is 60.2 Å². The van der Waals surface area contributed by atoms with Gasteiger partial charge in [-0.15, -0.1) is 0 Å². The van der Waals surface area contributed by atoms with E-state index in [9.17, 15) is 9.59 Å². The first kappa shape index (κ1) is 18.5. The van der Waals surface area contributed by atoms with Gasteiger partial charge in [0.05, 0.1) is 11.3 Å². The number of hydrogen-bond acceptors (Lipinski definition) is 4. The molecule has 2 aromatic carbocycles. The quantitative estimate of drug-likeness (QED) is 0.753. The van der Waals surface area contributed by atoms with Gasteiger partial charge in [0.15, 0.2) is 6.61 Å². The highest BCUT2D eigenvalue weighted by atomic mass is 16.5. The van der Waals surface area contributed by atoms with Gasteiger partial charge in [-0.3, -0.25) is 4.79 Å². The molecule has 1 amide bonds. The minimum Gasteiger partial charge on any atom is -0.452 e. The van der Waals surface area contributed by atoms with E-state index in [0.717, 1.165) is 5.69 Å². The van der Waals surface area contributed by atoms with Crippen LogP contribution in [0.1, 0.15) is 31.1 Å². The number of nitrogens with one attached hydrogen (secondary N) is 2. The van der Waals surface area contributed by atoms with E-state index >= 15 is 0 Å². The maximum absolute atomic E-state index is 12.3. The monoisotopic (exact) mass is 340 g/mol. The molecule has 0 aliphatic rings. The molecule has 1 atom stereocenters. The van der Waals surface area contributed by atoms with Crippen LogP contribution in [-0.4, -0.2) is 24.5 Å². The lowest BCUT2D eigenvalue weighted by molar-refractivity contribution is -0.125. The van der Waals surface area contributed by atoms with E-state index in [-0.39, 0.29) is 18.6 Å². The van der Waals surface area contributed by atoms with Gasteiger partial charge in [0, 0.05) is 11.7 Å². The number of anilines is 2. The van der Waals surface area contributed by atoms with Crippen LogP contribution in [-0.2, 0) is 9.53 Å². The van der Waals surface area contributed by atoms with Crippen LogP contribution in [0, 0.1) is 5.92 Å². The normalized spacial score (nSPS) is 11.7. The van der Waals surface area contributed by atoms with E-state index in [2.05, 4.69) is 10.6 Å². The molecule has 2 N–H and O–H groups in total. The van der Waals surface area contributed by atoms with Gasteiger partial charge in [0.1, 0.15) is 0 Å². The fourth-order valence-electron chi connectivity index (χ4n) is 2.12. The smallest absolute Gasteiger partial charge is 0.340 e. The number of amides is 1. The molecule has 0 radical (unpaired) electrons. The number of carbonyl (C=O) groups excluding carboxylic acids is 2. The standard InChI is InChI=1S/C20H24N2O3/c1-14(2)15(3)21-19(23)13-25-20(24)17-11-7-8-12-18(17)22-16-9-5-4-6-10-16/h4-12,14-15,22H,13H2,1-3H3,(H,21,23)/t15-/m0/s1. The molecule has 5 nitrogen and oxygen atoms in total. The average molecular weight is 340 g/mol. The Bertz CT molecular complexity index is 714. The summed E-state index contributed by atoms with van der Waals surface area (Å²) in [6.45, 7) is 5.66. The summed E-state index contributed by atoms with van der Waals surface area (Å²) in [6.07, 6.45) is 0. The lowest BCUT2D eigenvalue weighted by Gasteiger charge is -2.17. The van der Waals surface area contributed by atoms with Crippen molar-refractivity contribution in [3.63, 3.8) is 0 Å². The minimum atomic E-state index is -0.536. The number of benzene rings is 2. The molecule has 0 fully saturated rings. The molecule has 25 heavy (non-hydrogen) atoms. The molecule has 0 saturated carbocycles. The molecule has 0 unspecified atom stereocenters. The van der Waals surface area contributed by atoms with E-state index in [1.165, 1.54) is 0 Å². The number of ether oxygens (including phenoxy) is 1. The third-order valence-corrected chi connectivity index (χ3v) is 3.92. The van der Waals surface area contributed by atoms with Crippen LogP contribution in [0.5, 0.6) is 0 Å². The average Bonchev–Trinajstić information content (AvgIpc) is 2.61. The number of hydrogen-bond donors (Lipinski definition) is 2. The fraction of sp³-hybridized carbons (Fsp3) is 0.300. The third kappa shape index (κ3) is 5.64. The van der Waals surface area contributed by atoms with Gasteiger partial charge in [-0.1, -0.05) is 44.2 Å². The van der Waals surface area contributed by atoms with Gasteiger partial charge in [0.25, 0.3) is 5.91 Å². The van der Waals surface area contributed by atoms with Crippen molar-refractivity contribution in [2.75, 3.05) is 11.9 Å². The molecule has 0 aromatic heterocycles. The van der Waals surface area contributed by atoms with Gasteiger partial charge in [-0.2, -0.15) is 0 Å². The Morgan fingerprint density at radius 3 is 2.28 bits per heavy atom. The van der Waals surface area contributed by atoms with Crippen molar-refractivity contribution in [3.8, 4) is 0 Å². The fourth-order valence-corrected chi connectivity index (χ4v) is 2.12. The Kier molecular flexibility index (Phi) is 6.57. The van der Waals surface area contributed by atoms with Gasteiger partial charge in [-0.25, -0.2) is 4.79 Å². The Morgan fingerprint density at radius 1 is 0.960 bits per heavy atom. The second kappa shape index (κ2) is 8.87. The van der Waals surface area contributed by atoms with Crippen LogP contribution in [0.3, 0.4) is 0 Å². The highest BCUT2D eigenvalue weighted by Crippen LogP contribution is 2.21. The summed E-state index contributed by atoms with van der Waals surface area (Å²) in [6, 6.07) is 16.6. The first-order valence-corrected chi connectivity index (χ1v) is 8.35. The number of para-hydroxylation sites is 2. The number of carbonyl (C=O) groups is 2. The number of rotatable bonds is 7. The predicted molar refractivity (Wildman–Crippen MR) is 98.9 cm³/mol. The molecule has 0 spiro atoms. The van der Waals surface area contributed by atoms with E-state index in [0.29, 0.717) is 17.2 Å². The Hall–Kier alpha value is -2.82. The molecular weight excluding hydrogens is 316 g/mol. The third-order valence-electron chi connectivity index (χ3n) is 3.92. The molecule has 2 rings (SSSR count). The summed E-state index contributed by atoms with van der Waals surface area (Å²) in [4.78, 5) is 24.2. The molecule has 5 heteroatoms. The van der Waals surface area contributed by atoms with Crippen molar-refractivity contribution in [1.82, 2.24) is 5.32 Å². The highest BCUT2D eigenvalue weighted by molar-refractivity contribution is 5.97. The molecule has 0 aliphatic carbocycles. The van der Waals surface area contributed by atoms with Gasteiger partial charge >= 0.3 is 5.97 Å². The second-order valence-electron chi connectivity index (χ2n) is 6.21. The molecule has 0 saturated heterocycles. The van der Waals surface area contributed by atoms with Crippen molar-refractivity contribution >= 4 is 23.3 Å². The topological polar surface area (TPSA) is 67.4 Å². The molecule has 0 bridgehead atoms. The lowest BCUT2D eigenvalue weighted by Crippen LogP contribution is -2.38. The summed E-state index contributed by atoms with van der Waals surface area (Å²) < 4.78 is 5.16. The zero-order chi connectivity index (χ0) is 18.2. The SMILES string of the molecule is CC(C)[C@H](C)NC(=O)COC(=O)c1ccccc1Nc1ccccc1. The summed E-state index contributed by atoms with van der Waals surface area (Å²) in [7, 11) is 0. The summed E-state index contributed by atoms with van der Waals surface area (Å²) in [5.74, 6) is -0.523. The van der Waals surface area contributed by atoms with Gasteiger partial charge in [0.2, 0.25) is 0 Å². The number of esters is 1. The van der Waals surface area contributed by atoms with Crippen molar-refractivity contribution in [2.24, 2.45) is 5.92 Å². The maximum Gasteiger partial charge on any atom is 0.340 e. The van der Waals surface area contributed by atoms with Crippen LogP contribution >= 0.6 is 0 Å². The van der Waals surface area contributed by atoms with Gasteiger partial charge in [-0.05, 0) is 37.1 Å². The van der Waals surface area contributed by atoms with E-state index in [1.807, 2.05) is 57.2 Å². The van der Waals surface area contributed by atoms with Crippen molar-refractivity contribution in [1.29, 1.82) is 0 Å². The van der Waals surface area contributed by atoms with Gasteiger partial charge < -0.3 is 15.4 Å². The first-order valence-electron chi connectivity index (χ1n) is 8.35. The Morgan fingerprint density at radius 2 is 1.60 bits per heavy atom. The Balaban J connectivity index is 1.99. The molecular formula is C20H24N2O3. The molecule has 132 valence electrons. The predicted octanol–water partition coefficient (Wildman–Crippen LogP) is 3.75. The molecule has 0 heterocycles. The maximum atomic E-state index is 12.3. The van der Waals surface area contributed by atoms with Crippen LogP contribution < -0.4 is 10.6 Å².